The van der Waals surface area contributed by atoms with Crippen LogP contribution < -0.4 is 10.1 Å². The summed E-state index contributed by atoms with van der Waals surface area (Å²) in [6.07, 6.45) is 2.49. The van der Waals surface area contributed by atoms with Gasteiger partial charge in [0.15, 0.2) is 0 Å². The van der Waals surface area contributed by atoms with Gasteiger partial charge in [-0.3, -0.25) is 0 Å². The third kappa shape index (κ3) is 5.96. The van der Waals surface area contributed by atoms with Crippen LogP contribution in [0.5, 0.6) is 5.75 Å². The zero-order valence-corrected chi connectivity index (χ0v) is 14.1. The first-order valence-electron chi connectivity index (χ1n) is 7.19. The Morgan fingerprint density at radius 2 is 2.00 bits per heavy atom. The summed E-state index contributed by atoms with van der Waals surface area (Å²) in [5, 5.41) is 3.47. The van der Waals surface area contributed by atoms with Gasteiger partial charge >= 0.3 is 0 Å². The molecule has 108 valence electrons. The summed E-state index contributed by atoms with van der Waals surface area (Å²) in [6.45, 7) is 10.6. The Morgan fingerprint density at radius 1 is 1.26 bits per heavy atom. The summed E-state index contributed by atoms with van der Waals surface area (Å²) in [7, 11) is 0. The van der Waals surface area contributed by atoms with E-state index >= 15 is 0 Å². The van der Waals surface area contributed by atoms with E-state index in [0.29, 0.717) is 5.92 Å². The summed E-state index contributed by atoms with van der Waals surface area (Å²) in [5.41, 5.74) is 1.22. The molecule has 0 radical (unpaired) electrons. The van der Waals surface area contributed by atoms with Crippen molar-refractivity contribution in [3.8, 4) is 5.75 Å². The van der Waals surface area contributed by atoms with Gasteiger partial charge in [-0.15, -0.1) is 0 Å². The first-order valence-corrected chi connectivity index (χ1v) is 7.98. The molecule has 0 aliphatic carbocycles. The molecule has 0 aliphatic heterocycles. The molecule has 2 nitrogen and oxygen atoms in total. The van der Waals surface area contributed by atoms with Crippen LogP contribution in [0.2, 0.25) is 0 Å². The molecule has 1 N–H and O–H groups in total. The highest BCUT2D eigenvalue weighted by Gasteiger charge is 2.11. The van der Waals surface area contributed by atoms with Gasteiger partial charge in [-0.2, -0.15) is 0 Å². The van der Waals surface area contributed by atoms with Gasteiger partial charge in [-0.1, -0.05) is 39.3 Å². The van der Waals surface area contributed by atoms with E-state index in [0.717, 1.165) is 36.2 Å². The Bertz CT molecular complexity index is 379. The minimum atomic E-state index is 0.257. The maximum atomic E-state index is 6.09. The number of hydrogen-bond donors (Lipinski definition) is 1. The fourth-order valence-corrected chi connectivity index (χ4v) is 2.49. The molecule has 0 saturated heterocycles. The van der Waals surface area contributed by atoms with Crippen LogP contribution in [0, 0.1) is 5.92 Å². The topological polar surface area (TPSA) is 21.3 Å². The van der Waals surface area contributed by atoms with Crippen LogP contribution in [0.15, 0.2) is 22.7 Å². The summed E-state index contributed by atoms with van der Waals surface area (Å²) in [5.74, 6) is 1.65. The van der Waals surface area contributed by atoms with Gasteiger partial charge in [-0.05, 0) is 47.8 Å². The van der Waals surface area contributed by atoms with Crippen LogP contribution in [0.25, 0.3) is 0 Å². The molecular weight excluding hydrogens is 302 g/mol. The Morgan fingerprint density at radius 3 is 2.63 bits per heavy atom. The first kappa shape index (κ1) is 16.5. The van der Waals surface area contributed by atoms with Crippen molar-refractivity contribution >= 4 is 15.9 Å². The van der Waals surface area contributed by atoms with E-state index in [1.165, 1.54) is 5.56 Å². The Kier molecular flexibility index (Phi) is 7.47. The molecule has 0 heterocycles. The highest BCUT2D eigenvalue weighted by molar-refractivity contribution is 9.10. The van der Waals surface area contributed by atoms with Crippen molar-refractivity contribution in [2.75, 3.05) is 6.54 Å². The molecule has 0 fully saturated rings. The normalized spacial score (nSPS) is 12.7. The number of rotatable bonds is 8. The zero-order chi connectivity index (χ0) is 14.3. The second-order valence-corrected chi connectivity index (χ2v) is 6.32. The number of benzene rings is 1. The lowest BCUT2D eigenvalue weighted by molar-refractivity contribution is 0.206. The number of nitrogens with one attached hydrogen (secondary N) is 1. The number of hydrogen-bond acceptors (Lipinski definition) is 2. The monoisotopic (exact) mass is 327 g/mol. The molecule has 0 bridgehead atoms. The molecule has 0 aromatic heterocycles. The van der Waals surface area contributed by atoms with E-state index in [1.54, 1.807) is 0 Å². The lowest BCUT2D eigenvalue weighted by atomic mass is 10.1. The summed E-state index contributed by atoms with van der Waals surface area (Å²) >= 11 is 3.59. The highest BCUT2D eigenvalue weighted by Crippen LogP contribution is 2.30. The van der Waals surface area contributed by atoms with Crippen LogP contribution in [-0.4, -0.2) is 12.6 Å². The minimum Gasteiger partial charge on any atom is -0.489 e. The average molecular weight is 328 g/mol. The quantitative estimate of drug-likeness (QED) is 0.743. The third-order valence-corrected chi connectivity index (χ3v) is 3.56. The van der Waals surface area contributed by atoms with Crippen molar-refractivity contribution in [1.82, 2.24) is 5.32 Å². The van der Waals surface area contributed by atoms with Crippen LogP contribution >= 0.6 is 15.9 Å². The van der Waals surface area contributed by atoms with Gasteiger partial charge in [0, 0.05) is 12.1 Å². The molecule has 1 aromatic rings. The fraction of sp³-hybridized carbons (Fsp3) is 0.625. The minimum absolute atomic E-state index is 0.257. The number of ether oxygens (including phenoxy) is 1. The Balaban J connectivity index is 2.71. The molecule has 19 heavy (non-hydrogen) atoms. The van der Waals surface area contributed by atoms with Crippen molar-refractivity contribution in [1.29, 1.82) is 0 Å². The van der Waals surface area contributed by atoms with Gasteiger partial charge in [0.1, 0.15) is 5.75 Å². The lowest BCUT2D eigenvalue weighted by Gasteiger charge is -2.19. The predicted molar refractivity (Wildman–Crippen MR) is 85.7 cm³/mol. The third-order valence-electron chi connectivity index (χ3n) is 2.93. The molecule has 1 unspecified atom stereocenters. The van der Waals surface area contributed by atoms with Gasteiger partial charge in [0.2, 0.25) is 0 Å². The van der Waals surface area contributed by atoms with Crippen LogP contribution in [0.1, 0.15) is 46.1 Å². The van der Waals surface area contributed by atoms with E-state index in [9.17, 15) is 0 Å². The van der Waals surface area contributed by atoms with Crippen LogP contribution in [-0.2, 0) is 6.54 Å². The maximum absolute atomic E-state index is 6.09. The average Bonchev–Trinajstić information content (AvgIpc) is 2.33. The SMILES string of the molecule is CCCC(C)Oc1c(Br)cccc1CNCC(C)C. The number of para-hydroxylation sites is 1. The van der Waals surface area contributed by atoms with Crippen molar-refractivity contribution in [2.24, 2.45) is 5.92 Å². The fourth-order valence-electron chi connectivity index (χ4n) is 1.99. The molecule has 0 aliphatic rings. The highest BCUT2D eigenvalue weighted by atomic mass is 79.9. The van der Waals surface area contributed by atoms with E-state index in [4.69, 9.17) is 4.74 Å². The van der Waals surface area contributed by atoms with Crippen molar-refractivity contribution < 1.29 is 4.74 Å². The zero-order valence-electron chi connectivity index (χ0n) is 12.5. The first-order chi connectivity index (χ1) is 9.04. The lowest BCUT2D eigenvalue weighted by Crippen LogP contribution is -2.20. The second-order valence-electron chi connectivity index (χ2n) is 5.47. The molecule has 1 atom stereocenters. The molecule has 0 amide bonds. The molecule has 1 rings (SSSR count). The molecule has 0 saturated carbocycles. The van der Waals surface area contributed by atoms with E-state index < -0.39 is 0 Å². The van der Waals surface area contributed by atoms with Gasteiger partial charge in [-0.25, -0.2) is 0 Å². The second kappa shape index (κ2) is 8.60. The van der Waals surface area contributed by atoms with Crippen LogP contribution in [0.3, 0.4) is 0 Å². The molecular formula is C16H26BrNO. The van der Waals surface area contributed by atoms with E-state index in [1.807, 2.05) is 6.07 Å². The van der Waals surface area contributed by atoms with Crippen molar-refractivity contribution in [2.45, 2.75) is 53.2 Å². The van der Waals surface area contributed by atoms with Gasteiger partial charge in [0.05, 0.1) is 10.6 Å². The smallest absolute Gasteiger partial charge is 0.138 e. The standard InChI is InChI=1S/C16H26BrNO/c1-5-7-13(4)19-16-14(8-6-9-15(16)17)11-18-10-12(2)3/h6,8-9,12-13,18H,5,7,10-11H2,1-4H3. The van der Waals surface area contributed by atoms with Crippen molar-refractivity contribution in [3.05, 3.63) is 28.2 Å². The molecule has 3 heteroatoms. The summed E-state index contributed by atoms with van der Waals surface area (Å²) in [4.78, 5) is 0. The summed E-state index contributed by atoms with van der Waals surface area (Å²) in [6, 6.07) is 6.24. The maximum Gasteiger partial charge on any atom is 0.138 e. The van der Waals surface area contributed by atoms with Crippen LogP contribution in [0.4, 0.5) is 0 Å². The number of halogens is 1. The largest absolute Gasteiger partial charge is 0.489 e. The van der Waals surface area contributed by atoms with Gasteiger partial charge in [0.25, 0.3) is 0 Å². The van der Waals surface area contributed by atoms with Gasteiger partial charge < -0.3 is 10.1 Å². The Hall–Kier alpha value is -0.540. The van der Waals surface area contributed by atoms with Crippen molar-refractivity contribution in [3.63, 3.8) is 0 Å². The predicted octanol–water partition coefficient (Wildman–Crippen LogP) is 4.76. The summed E-state index contributed by atoms with van der Waals surface area (Å²) < 4.78 is 7.13. The van der Waals surface area contributed by atoms with E-state index in [-0.39, 0.29) is 6.10 Å². The molecule has 0 spiro atoms. The van der Waals surface area contributed by atoms with E-state index in [2.05, 4.69) is 61.1 Å². The Labute approximate surface area is 126 Å². The molecule has 1 aromatic carbocycles.